The number of hydrogen-bond donors (Lipinski definition) is 0. The summed E-state index contributed by atoms with van der Waals surface area (Å²) in [6.45, 7) is 1.35. The van der Waals surface area contributed by atoms with Crippen LogP contribution in [0, 0.1) is 0 Å². The molecule has 132 valence electrons. The average molecular weight is 464 g/mol. The molecule has 0 aromatic heterocycles. The molecule has 0 rings (SSSR count). The Balaban J connectivity index is 6.30. The highest BCUT2D eigenvalue weighted by Gasteiger charge is 2.85. The van der Waals surface area contributed by atoms with Crippen LogP contribution in [0.5, 0.6) is 0 Å². The van der Waals surface area contributed by atoms with Crippen LogP contribution in [0.1, 0.15) is 19.8 Å². The maximum Gasteiger partial charge on any atom is 0.460 e. The molecule has 0 spiro atoms. The van der Waals surface area contributed by atoms with Gasteiger partial charge in [-0.05, 0) is 38.7 Å². The zero-order chi connectivity index (χ0) is 18.2. The minimum absolute atomic E-state index is 0.0317. The van der Waals surface area contributed by atoms with Crippen molar-refractivity contribution in [2.75, 3.05) is 0 Å². The van der Waals surface area contributed by atoms with Gasteiger partial charge in [0.25, 0.3) is 5.67 Å². The third-order valence-electron chi connectivity index (χ3n) is 2.46. The molecule has 22 heavy (non-hydrogen) atoms. The fourth-order valence-electron chi connectivity index (χ4n) is 1.28. The Labute approximate surface area is 130 Å². The Morgan fingerprint density at radius 1 is 0.773 bits per heavy atom. The van der Waals surface area contributed by atoms with Crippen molar-refractivity contribution in [3.05, 3.63) is 9.66 Å². The van der Waals surface area contributed by atoms with Gasteiger partial charge >= 0.3 is 24.2 Å². The van der Waals surface area contributed by atoms with E-state index in [0.29, 0.717) is 0 Å². The number of alkyl halides is 11. The average Bonchev–Trinajstić information content (AvgIpc) is 2.25. The van der Waals surface area contributed by atoms with Crippen molar-refractivity contribution in [3.63, 3.8) is 0 Å². The van der Waals surface area contributed by atoms with Crippen LogP contribution in [-0.2, 0) is 0 Å². The molecule has 1 atom stereocenters. The van der Waals surface area contributed by atoms with Gasteiger partial charge in [-0.2, -0.15) is 43.9 Å². The lowest BCUT2D eigenvalue weighted by Crippen LogP contribution is -2.66. The highest BCUT2D eigenvalue weighted by atomic mass is 127. The molecule has 0 nitrogen and oxygen atoms in total. The molecule has 0 aromatic rings. The molecule has 0 aliphatic rings. The van der Waals surface area contributed by atoms with Crippen LogP contribution < -0.4 is 0 Å². The summed E-state index contributed by atoms with van der Waals surface area (Å²) in [4.78, 5) is 0. The van der Waals surface area contributed by atoms with E-state index in [9.17, 15) is 48.3 Å². The molecule has 1 unspecified atom stereocenters. The summed E-state index contributed by atoms with van der Waals surface area (Å²) >= 11 is 0.958. The fraction of sp³-hybridized carbons (Fsp3) is 0.800. The van der Waals surface area contributed by atoms with Crippen molar-refractivity contribution in [1.29, 1.82) is 0 Å². The van der Waals surface area contributed by atoms with E-state index < -0.39 is 45.9 Å². The second-order valence-electron chi connectivity index (χ2n) is 4.20. The van der Waals surface area contributed by atoms with Gasteiger partial charge in [0.2, 0.25) is 0 Å². The monoisotopic (exact) mass is 464 g/mol. The summed E-state index contributed by atoms with van der Waals surface area (Å²) < 4.78 is 138. The maximum absolute atomic E-state index is 13.7. The van der Waals surface area contributed by atoms with E-state index in [1.807, 2.05) is 0 Å². The number of allylic oxidation sites excluding steroid dienone is 2. The SMILES string of the molecule is CCCC(I)=CC(F)(C(F)(F)F)C(F)(F)C(F)(F)C(F)(F)F. The molecule has 0 aliphatic carbocycles. The first kappa shape index (κ1) is 21.7. The van der Waals surface area contributed by atoms with Gasteiger partial charge in [0, 0.05) is 0 Å². The van der Waals surface area contributed by atoms with E-state index in [0.717, 1.165) is 22.6 Å². The fourth-order valence-corrected chi connectivity index (χ4v) is 2.25. The van der Waals surface area contributed by atoms with Crippen molar-refractivity contribution < 1.29 is 48.3 Å². The predicted octanol–water partition coefficient (Wildman–Crippen LogP) is 6.21. The zero-order valence-corrected chi connectivity index (χ0v) is 12.7. The van der Waals surface area contributed by atoms with Crippen molar-refractivity contribution >= 4 is 22.6 Å². The molecule has 0 aliphatic heterocycles. The first-order valence-corrected chi connectivity index (χ1v) is 6.48. The first-order valence-electron chi connectivity index (χ1n) is 5.41. The van der Waals surface area contributed by atoms with Gasteiger partial charge in [0.05, 0.1) is 0 Å². The molecule has 0 aromatic carbocycles. The molecule has 0 amide bonds. The summed E-state index contributed by atoms with van der Waals surface area (Å²) in [7, 11) is 0. The van der Waals surface area contributed by atoms with Crippen LogP contribution in [-0.4, -0.2) is 29.9 Å². The Morgan fingerprint density at radius 2 is 1.18 bits per heavy atom. The number of rotatable bonds is 5. The molecule has 0 fully saturated rings. The zero-order valence-electron chi connectivity index (χ0n) is 10.5. The quantitative estimate of drug-likeness (QED) is 0.336. The Morgan fingerprint density at radius 3 is 1.45 bits per heavy atom. The van der Waals surface area contributed by atoms with Crippen LogP contribution in [0.15, 0.2) is 9.66 Å². The summed E-state index contributed by atoms with van der Waals surface area (Å²) in [6.07, 6.45) is -15.1. The Bertz CT molecular complexity index is 420. The lowest BCUT2D eigenvalue weighted by Gasteiger charge is -2.37. The summed E-state index contributed by atoms with van der Waals surface area (Å²) in [5, 5.41) is 0. The van der Waals surface area contributed by atoms with Crippen LogP contribution in [0.25, 0.3) is 0 Å². The smallest absolute Gasteiger partial charge is 0.222 e. The highest BCUT2D eigenvalue weighted by molar-refractivity contribution is 14.1. The molecular formula is C10H8F11I. The number of hydrogen-bond acceptors (Lipinski definition) is 0. The van der Waals surface area contributed by atoms with Crippen molar-refractivity contribution in [3.8, 4) is 0 Å². The second-order valence-corrected chi connectivity index (χ2v) is 5.58. The third-order valence-corrected chi connectivity index (χ3v) is 3.31. The lowest BCUT2D eigenvalue weighted by atomic mass is 9.90. The molecule has 0 heterocycles. The minimum atomic E-state index is -7.22. The van der Waals surface area contributed by atoms with E-state index in [1.165, 1.54) is 6.92 Å². The van der Waals surface area contributed by atoms with Gasteiger partial charge in [-0.25, -0.2) is 4.39 Å². The van der Waals surface area contributed by atoms with Gasteiger partial charge in [0.1, 0.15) is 0 Å². The van der Waals surface area contributed by atoms with E-state index in [1.54, 1.807) is 0 Å². The number of halogens is 12. The van der Waals surface area contributed by atoms with Gasteiger partial charge in [-0.15, -0.1) is 0 Å². The van der Waals surface area contributed by atoms with Crippen molar-refractivity contribution in [2.24, 2.45) is 0 Å². The Hall–Kier alpha value is -0.300. The lowest BCUT2D eigenvalue weighted by molar-refractivity contribution is -0.402. The highest BCUT2D eigenvalue weighted by Crippen LogP contribution is 2.58. The van der Waals surface area contributed by atoms with E-state index in [2.05, 4.69) is 0 Å². The van der Waals surface area contributed by atoms with Gasteiger partial charge in [0.15, 0.2) is 0 Å². The van der Waals surface area contributed by atoms with Gasteiger partial charge in [-0.1, -0.05) is 13.3 Å². The molecule has 0 N–H and O–H groups in total. The van der Waals surface area contributed by atoms with Gasteiger partial charge < -0.3 is 0 Å². The normalized spacial score (nSPS) is 18.3. The van der Waals surface area contributed by atoms with Crippen LogP contribution in [0.3, 0.4) is 0 Å². The van der Waals surface area contributed by atoms with Crippen molar-refractivity contribution in [1.82, 2.24) is 0 Å². The standard InChI is InChI=1S/C10H8F11I/c1-2-3-5(22)4-6(11,9(16,17)18)7(12,13)8(14,15)10(19,20)21/h4H,2-3H2,1H3. The molecule has 0 saturated heterocycles. The molecule has 0 bridgehead atoms. The minimum Gasteiger partial charge on any atom is -0.222 e. The van der Waals surface area contributed by atoms with Crippen LogP contribution >= 0.6 is 22.6 Å². The first-order chi connectivity index (χ1) is 9.45. The summed E-state index contributed by atoms with van der Waals surface area (Å²) in [5.74, 6) is -14.3. The van der Waals surface area contributed by atoms with Crippen LogP contribution in [0.4, 0.5) is 48.3 Å². The summed E-state index contributed by atoms with van der Waals surface area (Å²) in [5.41, 5.74) is -6.18. The van der Waals surface area contributed by atoms with E-state index >= 15 is 0 Å². The predicted molar refractivity (Wildman–Crippen MR) is 62.9 cm³/mol. The maximum atomic E-state index is 13.7. The van der Waals surface area contributed by atoms with E-state index in [-0.39, 0.29) is 6.42 Å². The topological polar surface area (TPSA) is 0 Å². The molecule has 12 heteroatoms. The molecule has 0 radical (unpaired) electrons. The third kappa shape index (κ3) is 3.61. The van der Waals surface area contributed by atoms with Crippen molar-refractivity contribution in [2.45, 2.75) is 49.6 Å². The molecular weight excluding hydrogens is 456 g/mol. The Kier molecular flexibility index (Phi) is 6.22. The second kappa shape index (κ2) is 6.30. The largest absolute Gasteiger partial charge is 0.460 e. The van der Waals surface area contributed by atoms with E-state index in [4.69, 9.17) is 0 Å². The van der Waals surface area contributed by atoms with Crippen LogP contribution in [0.2, 0.25) is 0 Å². The summed E-state index contributed by atoms with van der Waals surface area (Å²) in [6, 6.07) is 0. The van der Waals surface area contributed by atoms with Gasteiger partial charge in [-0.3, -0.25) is 0 Å². The molecule has 0 saturated carbocycles.